The van der Waals surface area contributed by atoms with Crippen LogP contribution in [0.2, 0.25) is 0 Å². The maximum atomic E-state index is 12.3. The lowest BCUT2D eigenvalue weighted by Gasteiger charge is -2.25. The molecule has 2 aromatic rings. The van der Waals surface area contributed by atoms with E-state index in [0.29, 0.717) is 12.2 Å². The van der Waals surface area contributed by atoms with Crippen LogP contribution in [0.1, 0.15) is 43.6 Å². The Labute approximate surface area is 131 Å². The monoisotopic (exact) mass is 296 g/mol. The topological polar surface area (TPSA) is 44.9 Å². The van der Waals surface area contributed by atoms with Crippen molar-refractivity contribution >= 4 is 16.8 Å². The van der Waals surface area contributed by atoms with Gasteiger partial charge in [0.2, 0.25) is 0 Å². The van der Waals surface area contributed by atoms with Crippen molar-refractivity contribution in [2.75, 3.05) is 6.54 Å². The van der Waals surface area contributed by atoms with Gasteiger partial charge in [0.25, 0.3) is 5.91 Å². The zero-order chi connectivity index (χ0) is 15.5. The fraction of sp³-hybridized carbons (Fsp3) is 0.421. The normalized spacial score (nSPS) is 18.5. The zero-order valence-electron chi connectivity index (χ0n) is 13.4. The van der Waals surface area contributed by atoms with Gasteiger partial charge in [0.1, 0.15) is 5.69 Å². The summed E-state index contributed by atoms with van der Waals surface area (Å²) in [6.07, 6.45) is 5.82. The highest BCUT2D eigenvalue weighted by Crippen LogP contribution is 2.28. The maximum absolute atomic E-state index is 12.3. The lowest BCUT2D eigenvalue weighted by Crippen LogP contribution is -2.27. The highest BCUT2D eigenvalue weighted by molar-refractivity contribution is 5.98. The van der Waals surface area contributed by atoms with Crippen LogP contribution < -0.4 is 5.32 Å². The van der Waals surface area contributed by atoms with E-state index in [4.69, 9.17) is 0 Å². The minimum Gasteiger partial charge on any atom is -0.351 e. The molecule has 116 valence electrons. The van der Waals surface area contributed by atoms with E-state index in [1.807, 2.05) is 30.3 Å². The third-order valence-electron chi connectivity index (χ3n) is 4.74. The molecule has 0 bridgehead atoms. The number of H-pyrrole nitrogens is 1. The Hall–Kier alpha value is -2.03. The van der Waals surface area contributed by atoms with Crippen LogP contribution in [0.3, 0.4) is 0 Å². The Morgan fingerprint density at radius 3 is 2.86 bits per heavy atom. The lowest BCUT2D eigenvalue weighted by atomic mass is 9.82. The van der Waals surface area contributed by atoms with Gasteiger partial charge < -0.3 is 10.3 Å². The molecular weight excluding hydrogens is 272 g/mol. The zero-order valence-corrected chi connectivity index (χ0v) is 13.4. The first-order chi connectivity index (χ1) is 10.6. The first-order valence-electron chi connectivity index (χ1n) is 8.17. The molecule has 1 aromatic carbocycles. The van der Waals surface area contributed by atoms with Crippen LogP contribution in [-0.4, -0.2) is 17.4 Å². The van der Waals surface area contributed by atoms with E-state index in [1.54, 1.807) is 0 Å². The van der Waals surface area contributed by atoms with Gasteiger partial charge in [-0.05, 0) is 43.2 Å². The second kappa shape index (κ2) is 6.39. The molecule has 1 heterocycles. The summed E-state index contributed by atoms with van der Waals surface area (Å²) in [4.78, 5) is 15.4. The van der Waals surface area contributed by atoms with Crippen LogP contribution in [0.5, 0.6) is 0 Å². The van der Waals surface area contributed by atoms with Gasteiger partial charge in [-0.3, -0.25) is 4.79 Å². The summed E-state index contributed by atoms with van der Waals surface area (Å²) in [6, 6.07) is 9.86. The summed E-state index contributed by atoms with van der Waals surface area (Å²) >= 11 is 0. The van der Waals surface area contributed by atoms with Crippen molar-refractivity contribution < 1.29 is 4.79 Å². The third kappa shape index (κ3) is 3.24. The van der Waals surface area contributed by atoms with Crippen LogP contribution in [0, 0.1) is 11.8 Å². The molecule has 1 aliphatic carbocycles. The molecule has 0 radical (unpaired) electrons. The Bertz CT molecular complexity index is 663. The van der Waals surface area contributed by atoms with E-state index in [1.165, 1.54) is 12.0 Å². The lowest BCUT2D eigenvalue weighted by molar-refractivity contribution is 0.0952. The molecular formula is C19H24N2O. The predicted octanol–water partition coefficient (Wildman–Crippen LogP) is 4.28. The number of fused-ring (bicyclic) bond motifs is 1. The standard InChI is InChI=1S/C19H24N2O/c1-13(2)15-9-7-14(8-10-15)12-20-19(22)18-11-16-5-3-4-6-17(16)21-18/h3-7,11,13,15,21H,8-10,12H2,1-2H3,(H,20,22)/t15-/m0/s1. The number of carbonyl (C=O) groups excluding carboxylic acids is 1. The quantitative estimate of drug-likeness (QED) is 0.813. The molecule has 1 amide bonds. The summed E-state index contributed by atoms with van der Waals surface area (Å²) in [5.41, 5.74) is 3.00. The van der Waals surface area contributed by atoms with E-state index in [-0.39, 0.29) is 5.91 Å². The highest BCUT2D eigenvalue weighted by atomic mass is 16.1. The van der Waals surface area contributed by atoms with Gasteiger partial charge >= 0.3 is 0 Å². The van der Waals surface area contributed by atoms with Gasteiger partial charge in [0.15, 0.2) is 0 Å². The second-order valence-corrected chi connectivity index (χ2v) is 6.59. The molecule has 2 N–H and O–H groups in total. The van der Waals surface area contributed by atoms with Crippen molar-refractivity contribution in [3.63, 3.8) is 0 Å². The summed E-state index contributed by atoms with van der Waals surface area (Å²) in [7, 11) is 0. The first kappa shape index (κ1) is 14.9. The Morgan fingerprint density at radius 2 is 2.18 bits per heavy atom. The number of aromatic nitrogens is 1. The van der Waals surface area contributed by atoms with Gasteiger partial charge in [0.05, 0.1) is 0 Å². The van der Waals surface area contributed by atoms with Crippen LogP contribution in [0.25, 0.3) is 10.9 Å². The number of rotatable bonds is 4. The largest absolute Gasteiger partial charge is 0.351 e. The Kier molecular flexibility index (Phi) is 4.32. The van der Waals surface area contributed by atoms with Crippen LogP contribution in [0.15, 0.2) is 42.0 Å². The molecule has 0 spiro atoms. The van der Waals surface area contributed by atoms with Gasteiger partial charge in [-0.1, -0.05) is 43.7 Å². The van der Waals surface area contributed by atoms with E-state index < -0.39 is 0 Å². The second-order valence-electron chi connectivity index (χ2n) is 6.59. The van der Waals surface area contributed by atoms with E-state index >= 15 is 0 Å². The number of allylic oxidation sites excluding steroid dienone is 1. The third-order valence-corrected chi connectivity index (χ3v) is 4.74. The molecule has 0 unspecified atom stereocenters. The first-order valence-corrected chi connectivity index (χ1v) is 8.17. The number of benzene rings is 1. The predicted molar refractivity (Wildman–Crippen MR) is 90.9 cm³/mol. The molecule has 0 aliphatic heterocycles. The van der Waals surface area contributed by atoms with Gasteiger partial charge in [-0.15, -0.1) is 0 Å². The summed E-state index contributed by atoms with van der Waals surface area (Å²) in [5.74, 6) is 1.52. The average molecular weight is 296 g/mol. The summed E-state index contributed by atoms with van der Waals surface area (Å²) in [6.45, 7) is 5.25. The van der Waals surface area contributed by atoms with Gasteiger partial charge in [-0.2, -0.15) is 0 Å². The fourth-order valence-corrected chi connectivity index (χ4v) is 3.16. The molecule has 0 saturated carbocycles. The maximum Gasteiger partial charge on any atom is 0.267 e. The molecule has 22 heavy (non-hydrogen) atoms. The van der Waals surface area contributed by atoms with Crippen molar-refractivity contribution in [1.82, 2.24) is 10.3 Å². The molecule has 1 atom stereocenters. The van der Waals surface area contributed by atoms with Gasteiger partial charge in [0, 0.05) is 17.4 Å². The van der Waals surface area contributed by atoms with Crippen molar-refractivity contribution in [2.24, 2.45) is 11.8 Å². The summed E-state index contributed by atoms with van der Waals surface area (Å²) in [5, 5.41) is 4.11. The van der Waals surface area contributed by atoms with E-state index in [0.717, 1.165) is 35.6 Å². The van der Waals surface area contributed by atoms with Crippen molar-refractivity contribution in [1.29, 1.82) is 0 Å². The number of hydrogen-bond donors (Lipinski definition) is 2. The van der Waals surface area contributed by atoms with Crippen LogP contribution >= 0.6 is 0 Å². The van der Waals surface area contributed by atoms with E-state index in [9.17, 15) is 4.79 Å². The molecule has 1 aliphatic rings. The fourth-order valence-electron chi connectivity index (χ4n) is 3.16. The van der Waals surface area contributed by atoms with Crippen LogP contribution in [0.4, 0.5) is 0 Å². The number of aromatic amines is 1. The van der Waals surface area contributed by atoms with Crippen LogP contribution in [-0.2, 0) is 0 Å². The number of para-hydroxylation sites is 1. The SMILES string of the molecule is CC(C)[C@H]1CC=C(CNC(=O)c2cc3ccccc3[nH]2)CC1. The molecule has 1 aromatic heterocycles. The number of nitrogens with one attached hydrogen (secondary N) is 2. The number of amides is 1. The summed E-state index contributed by atoms with van der Waals surface area (Å²) < 4.78 is 0. The minimum atomic E-state index is -0.0249. The molecule has 3 nitrogen and oxygen atoms in total. The Balaban J connectivity index is 1.58. The smallest absolute Gasteiger partial charge is 0.267 e. The molecule has 3 rings (SSSR count). The minimum absolute atomic E-state index is 0.0249. The highest BCUT2D eigenvalue weighted by Gasteiger charge is 2.18. The Morgan fingerprint density at radius 1 is 1.36 bits per heavy atom. The van der Waals surface area contributed by atoms with Gasteiger partial charge in [-0.25, -0.2) is 0 Å². The van der Waals surface area contributed by atoms with Crippen molar-refractivity contribution in [2.45, 2.75) is 33.1 Å². The number of hydrogen-bond acceptors (Lipinski definition) is 1. The number of carbonyl (C=O) groups is 1. The van der Waals surface area contributed by atoms with E-state index in [2.05, 4.69) is 30.2 Å². The molecule has 3 heteroatoms. The van der Waals surface area contributed by atoms with Crippen molar-refractivity contribution in [3.05, 3.63) is 47.7 Å². The molecule has 0 saturated heterocycles. The average Bonchev–Trinajstić information content (AvgIpc) is 2.97. The molecule has 0 fully saturated rings. The van der Waals surface area contributed by atoms with Crippen molar-refractivity contribution in [3.8, 4) is 0 Å².